The molecule has 2 nitrogen and oxygen atoms in total. The Morgan fingerprint density at radius 3 is 2.57 bits per heavy atom. The van der Waals surface area contributed by atoms with Gasteiger partial charge in [0.15, 0.2) is 11.1 Å². The molecule has 78 valence electrons. The molecule has 0 saturated carbocycles. The lowest BCUT2D eigenvalue weighted by Gasteiger charge is -2.14. The van der Waals surface area contributed by atoms with Crippen molar-refractivity contribution in [3.63, 3.8) is 0 Å². The molecular formula is C11H16O2S. The van der Waals surface area contributed by atoms with Gasteiger partial charge in [-0.1, -0.05) is 18.2 Å². The lowest BCUT2D eigenvalue weighted by molar-refractivity contribution is 0.255. The van der Waals surface area contributed by atoms with Crippen molar-refractivity contribution in [2.24, 2.45) is 0 Å². The summed E-state index contributed by atoms with van der Waals surface area (Å²) in [6.07, 6.45) is 1.43. The summed E-state index contributed by atoms with van der Waals surface area (Å²) in [5, 5.41) is 0. The highest BCUT2D eigenvalue weighted by Gasteiger charge is 2.11. The van der Waals surface area contributed by atoms with E-state index < -0.39 is 11.1 Å². The number of benzene rings is 1. The largest absolute Gasteiger partial charge is 0.283 e. The average molecular weight is 212 g/mol. The Hall–Kier alpha value is -0.670. The van der Waals surface area contributed by atoms with Gasteiger partial charge >= 0.3 is 0 Å². The van der Waals surface area contributed by atoms with Gasteiger partial charge < -0.3 is 0 Å². The van der Waals surface area contributed by atoms with E-state index >= 15 is 0 Å². The van der Waals surface area contributed by atoms with Crippen LogP contribution >= 0.6 is 0 Å². The van der Waals surface area contributed by atoms with Gasteiger partial charge in [0, 0.05) is 6.26 Å². The summed E-state index contributed by atoms with van der Waals surface area (Å²) in [6, 6.07) is 6.07. The molecule has 3 heteroatoms. The molecular weight excluding hydrogens is 196 g/mol. The summed E-state index contributed by atoms with van der Waals surface area (Å²) in [7, 11) is 0. The van der Waals surface area contributed by atoms with Crippen molar-refractivity contribution in [3.05, 3.63) is 34.9 Å². The van der Waals surface area contributed by atoms with Crippen molar-refractivity contribution < 1.29 is 8.39 Å². The zero-order valence-electron chi connectivity index (χ0n) is 9.03. The minimum atomic E-state index is -1.21. The summed E-state index contributed by atoms with van der Waals surface area (Å²) in [6.45, 7) is 6.04. The Morgan fingerprint density at radius 2 is 2.00 bits per heavy atom. The molecule has 0 aliphatic rings. The summed E-state index contributed by atoms with van der Waals surface area (Å²) < 4.78 is 16.2. The van der Waals surface area contributed by atoms with E-state index in [-0.39, 0.29) is 6.10 Å². The van der Waals surface area contributed by atoms with Crippen LogP contribution in [0.1, 0.15) is 29.7 Å². The first-order chi connectivity index (χ1) is 6.52. The maximum atomic E-state index is 10.9. The summed E-state index contributed by atoms with van der Waals surface area (Å²) >= 11 is -1.21. The predicted octanol–water partition coefficient (Wildman–Crippen LogP) is 2.67. The second kappa shape index (κ2) is 4.71. The molecule has 1 aromatic rings. The van der Waals surface area contributed by atoms with E-state index in [0.29, 0.717) is 0 Å². The van der Waals surface area contributed by atoms with E-state index in [1.165, 1.54) is 11.1 Å². The van der Waals surface area contributed by atoms with Crippen LogP contribution < -0.4 is 0 Å². The molecule has 0 amide bonds. The Kier molecular flexibility index (Phi) is 3.84. The molecule has 0 heterocycles. The highest BCUT2D eigenvalue weighted by atomic mass is 32.2. The highest BCUT2D eigenvalue weighted by Crippen LogP contribution is 2.23. The number of hydrogen-bond acceptors (Lipinski definition) is 2. The quantitative estimate of drug-likeness (QED) is 0.770. The van der Waals surface area contributed by atoms with Crippen molar-refractivity contribution in [1.82, 2.24) is 0 Å². The van der Waals surface area contributed by atoms with Crippen molar-refractivity contribution in [1.29, 1.82) is 0 Å². The van der Waals surface area contributed by atoms with E-state index in [9.17, 15) is 4.21 Å². The van der Waals surface area contributed by atoms with Crippen LogP contribution in [0.2, 0.25) is 0 Å². The third kappa shape index (κ3) is 2.66. The summed E-state index contributed by atoms with van der Waals surface area (Å²) in [4.78, 5) is 0. The number of aryl methyl sites for hydroxylation is 1. The number of hydrogen-bond donors (Lipinski definition) is 0. The molecule has 0 fully saturated rings. The molecule has 0 aliphatic heterocycles. The smallest absolute Gasteiger partial charge is 0.152 e. The first-order valence-electron chi connectivity index (χ1n) is 4.59. The van der Waals surface area contributed by atoms with Gasteiger partial charge in [-0.25, -0.2) is 4.21 Å². The highest BCUT2D eigenvalue weighted by molar-refractivity contribution is 7.79. The molecule has 0 aliphatic carbocycles. The van der Waals surface area contributed by atoms with Crippen molar-refractivity contribution in [3.8, 4) is 0 Å². The molecule has 0 bridgehead atoms. The predicted molar refractivity (Wildman–Crippen MR) is 59.5 cm³/mol. The van der Waals surface area contributed by atoms with Crippen LogP contribution in [-0.4, -0.2) is 10.5 Å². The van der Waals surface area contributed by atoms with Crippen LogP contribution in [-0.2, 0) is 15.3 Å². The van der Waals surface area contributed by atoms with Gasteiger partial charge in [0.2, 0.25) is 0 Å². The minimum Gasteiger partial charge on any atom is -0.283 e. The zero-order chi connectivity index (χ0) is 10.7. The Morgan fingerprint density at radius 1 is 1.36 bits per heavy atom. The Balaban J connectivity index is 2.95. The SMILES string of the molecule is Cc1cccc(C(C)OS(C)=O)c1C. The van der Waals surface area contributed by atoms with Crippen LogP contribution in [0, 0.1) is 13.8 Å². The molecule has 0 N–H and O–H groups in total. The molecule has 2 atom stereocenters. The molecule has 0 saturated heterocycles. The second-order valence-corrected chi connectivity index (χ2v) is 4.42. The fourth-order valence-corrected chi connectivity index (χ4v) is 1.98. The lowest BCUT2D eigenvalue weighted by Crippen LogP contribution is -2.04. The van der Waals surface area contributed by atoms with Gasteiger partial charge in [-0.3, -0.25) is 4.18 Å². The summed E-state index contributed by atoms with van der Waals surface area (Å²) in [5.41, 5.74) is 3.56. The van der Waals surface area contributed by atoms with Gasteiger partial charge in [0.05, 0.1) is 6.10 Å². The molecule has 14 heavy (non-hydrogen) atoms. The van der Waals surface area contributed by atoms with Crippen LogP contribution in [0.4, 0.5) is 0 Å². The van der Waals surface area contributed by atoms with Crippen LogP contribution in [0.25, 0.3) is 0 Å². The van der Waals surface area contributed by atoms with Gasteiger partial charge in [-0.05, 0) is 37.5 Å². The van der Waals surface area contributed by atoms with Crippen molar-refractivity contribution in [2.75, 3.05) is 6.26 Å². The standard InChI is InChI=1S/C11H16O2S/c1-8-6-5-7-11(9(8)2)10(3)13-14(4)12/h5-7,10H,1-4H3. The maximum absolute atomic E-state index is 10.9. The first-order valence-corrected chi connectivity index (χ1v) is 6.07. The lowest BCUT2D eigenvalue weighted by atomic mass is 10.0. The topological polar surface area (TPSA) is 26.3 Å². The third-order valence-corrected chi connectivity index (χ3v) is 2.92. The number of rotatable bonds is 3. The molecule has 2 unspecified atom stereocenters. The van der Waals surface area contributed by atoms with Crippen LogP contribution in [0.3, 0.4) is 0 Å². The molecule has 0 spiro atoms. The summed E-state index contributed by atoms with van der Waals surface area (Å²) in [5.74, 6) is 0. The maximum Gasteiger partial charge on any atom is 0.152 e. The van der Waals surface area contributed by atoms with E-state index in [0.717, 1.165) is 5.56 Å². The second-order valence-electron chi connectivity index (χ2n) is 3.43. The van der Waals surface area contributed by atoms with Gasteiger partial charge in [-0.15, -0.1) is 0 Å². The van der Waals surface area contributed by atoms with E-state index in [1.54, 1.807) is 6.26 Å². The molecule has 1 rings (SSSR count). The normalized spacial score (nSPS) is 15.1. The fraction of sp³-hybridized carbons (Fsp3) is 0.455. The van der Waals surface area contributed by atoms with Gasteiger partial charge in [-0.2, -0.15) is 0 Å². The van der Waals surface area contributed by atoms with Crippen molar-refractivity contribution >= 4 is 11.1 Å². The van der Waals surface area contributed by atoms with Crippen molar-refractivity contribution in [2.45, 2.75) is 26.9 Å². The first kappa shape index (κ1) is 11.4. The van der Waals surface area contributed by atoms with E-state index in [2.05, 4.69) is 19.9 Å². The Bertz CT molecular complexity index is 347. The minimum absolute atomic E-state index is 0.110. The van der Waals surface area contributed by atoms with Gasteiger partial charge in [0.25, 0.3) is 0 Å². The molecule has 0 radical (unpaired) electrons. The molecule has 1 aromatic carbocycles. The monoisotopic (exact) mass is 212 g/mol. The van der Waals surface area contributed by atoms with E-state index in [4.69, 9.17) is 4.18 Å². The van der Waals surface area contributed by atoms with E-state index in [1.807, 2.05) is 19.1 Å². The third-order valence-electron chi connectivity index (χ3n) is 2.36. The van der Waals surface area contributed by atoms with Gasteiger partial charge in [0.1, 0.15) is 0 Å². The van der Waals surface area contributed by atoms with Crippen LogP contribution in [0.5, 0.6) is 0 Å². The zero-order valence-corrected chi connectivity index (χ0v) is 9.85. The fourth-order valence-electron chi connectivity index (χ4n) is 1.47. The average Bonchev–Trinajstić information content (AvgIpc) is 2.08. The van der Waals surface area contributed by atoms with Crippen LogP contribution in [0.15, 0.2) is 18.2 Å². The molecule has 0 aromatic heterocycles. The Labute approximate surface area is 88.0 Å².